The molecule has 0 saturated carbocycles. The highest BCUT2D eigenvalue weighted by molar-refractivity contribution is 5.98. The van der Waals surface area contributed by atoms with Crippen molar-refractivity contribution < 1.29 is 18.0 Å². The highest BCUT2D eigenvalue weighted by Crippen LogP contribution is 2.31. The van der Waals surface area contributed by atoms with Crippen LogP contribution in [-0.2, 0) is 6.18 Å². The summed E-state index contributed by atoms with van der Waals surface area (Å²) in [5.74, 6) is -0.585. The summed E-state index contributed by atoms with van der Waals surface area (Å²) in [4.78, 5) is 17.4. The molecule has 9 heteroatoms. The molecule has 1 aliphatic rings. The minimum atomic E-state index is -4.45. The number of carbonyl (C=O) groups excluding carboxylic acids is 1. The van der Waals surface area contributed by atoms with Crippen molar-refractivity contribution in [3.63, 3.8) is 0 Å². The Morgan fingerprint density at radius 1 is 1.33 bits per heavy atom. The van der Waals surface area contributed by atoms with Crippen molar-refractivity contribution in [3.05, 3.63) is 42.0 Å². The standard InChI is InChI=1S/C15H16F3N5O/c16-15(17,18)13-4-7-23(21-13)10-2-1-6-22(9-10)12-3-5-20-8-11(12)14(19)24/h3-5,7-8,10H,1-2,6,9H2,(H2,19,24). The Labute approximate surface area is 136 Å². The van der Waals surface area contributed by atoms with Crippen LogP contribution in [0.15, 0.2) is 30.7 Å². The number of piperidine rings is 1. The van der Waals surface area contributed by atoms with Gasteiger partial charge in [-0.1, -0.05) is 0 Å². The van der Waals surface area contributed by atoms with Crippen molar-refractivity contribution in [2.24, 2.45) is 5.73 Å². The average molecular weight is 339 g/mol. The van der Waals surface area contributed by atoms with Gasteiger partial charge in [-0.25, -0.2) is 0 Å². The number of primary amides is 1. The summed E-state index contributed by atoms with van der Waals surface area (Å²) in [7, 11) is 0. The maximum Gasteiger partial charge on any atom is 0.435 e. The Morgan fingerprint density at radius 2 is 2.12 bits per heavy atom. The fraction of sp³-hybridized carbons (Fsp3) is 0.400. The third kappa shape index (κ3) is 3.19. The number of aromatic nitrogens is 3. The van der Waals surface area contributed by atoms with Gasteiger partial charge in [-0.3, -0.25) is 14.5 Å². The molecule has 2 aromatic rings. The lowest BCUT2D eigenvalue weighted by atomic mass is 10.0. The normalized spacial score (nSPS) is 18.6. The maximum absolute atomic E-state index is 12.7. The second-order valence-electron chi connectivity index (χ2n) is 5.68. The second kappa shape index (κ2) is 6.14. The van der Waals surface area contributed by atoms with Gasteiger partial charge < -0.3 is 10.6 Å². The fourth-order valence-corrected chi connectivity index (χ4v) is 2.93. The van der Waals surface area contributed by atoms with Gasteiger partial charge in [-0.05, 0) is 25.0 Å². The van der Waals surface area contributed by atoms with Crippen LogP contribution in [0.25, 0.3) is 0 Å². The first-order valence-electron chi connectivity index (χ1n) is 7.47. The molecule has 0 aromatic carbocycles. The van der Waals surface area contributed by atoms with Crippen LogP contribution < -0.4 is 10.6 Å². The molecule has 24 heavy (non-hydrogen) atoms. The molecule has 0 spiro atoms. The summed E-state index contributed by atoms with van der Waals surface area (Å²) in [6.45, 7) is 1.14. The van der Waals surface area contributed by atoms with Crippen molar-refractivity contribution in [1.29, 1.82) is 0 Å². The molecule has 1 fully saturated rings. The molecule has 1 unspecified atom stereocenters. The Kier molecular flexibility index (Phi) is 4.16. The van der Waals surface area contributed by atoms with Crippen LogP contribution in [0.4, 0.5) is 18.9 Å². The van der Waals surface area contributed by atoms with Crippen molar-refractivity contribution in [1.82, 2.24) is 14.8 Å². The Morgan fingerprint density at radius 3 is 2.79 bits per heavy atom. The summed E-state index contributed by atoms with van der Waals surface area (Å²) in [6, 6.07) is 2.45. The summed E-state index contributed by atoms with van der Waals surface area (Å²) < 4.78 is 39.5. The molecule has 0 aliphatic carbocycles. The number of anilines is 1. The van der Waals surface area contributed by atoms with E-state index < -0.39 is 17.8 Å². The van der Waals surface area contributed by atoms with Crippen molar-refractivity contribution >= 4 is 11.6 Å². The monoisotopic (exact) mass is 339 g/mol. The fourth-order valence-electron chi connectivity index (χ4n) is 2.93. The average Bonchev–Trinajstić information content (AvgIpc) is 3.05. The first-order valence-corrected chi connectivity index (χ1v) is 7.47. The summed E-state index contributed by atoms with van der Waals surface area (Å²) in [6.07, 6.45) is 1.33. The number of nitrogens with two attached hydrogens (primary N) is 1. The van der Waals surface area contributed by atoms with Crippen LogP contribution >= 0.6 is 0 Å². The lowest BCUT2D eigenvalue weighted by molar-refractivity contribution is -0.141. The molecule has 6 nitrogen and oxygen atoms in total. The van der Waals surface area contributed by atoms with Crippen molar-refractivity contribution in [3.8, 4) is 0 Å². The van der Waals surface area contributed by atoms with Gasteiger partial charge in [0.25, 0.3) is 5.91 Å². The molecular weight excluding hydrogens is 323 g/mol. The van der Waals surface area contributed by atoms with Gasteiger partial charge in [-0.15, -0.1) is 0 Å². The van der Waals surface area contributed by atoms with E-state index in [1.54, 1.807) is 12.3 Å². The van der Waals surface area contributed by atoms with E-state index in [0.29, 0.717) is 30.8 Å². The van der Waals surface area contributed by atoms with Gasteiger partial charge >= 0.3 is 6.18 Å². The van der Waals surface area contributed by atoms with Gasteiger partial charge in [0.2, 0.25) is 0 Å². The molecule has 3 rings (SSSR count). The Bertz CT molecular complexity index is 743. The third-order valence-electron chi connectivity index (χ3n) is 4.07. The molecule has 1 aliphatic heterocycles. The first-order chi connectivity index (χ1) is 11.4. The van der Waals surface area contributed by atoms with Crippen LogP contribution in [0, 0.1) is 0 Å². The molecule has 2 aromatic heterocycles. The molecule has 1 amide bonds. The van der Waals surface area contributed by atoms with E-state index in [0.717, 1.165) is 12.5 Å². The minimum Gasteiger partial charge on any atom is -0.369 e. The maximum atomic E-state index is 12.7. The minimum absolute atomic E-state index is 0.205. The zero-order valence-electron chi connectivity index (χ0n) is 12.7. The summed E-state index contributed by atoms with van der Waals surface area (Å²) in [5, 5.41) is 3.65. The summed E-state index contributed by atoms with van der Waals surface area (Å²) >= 11 is 0. The number of alkyl halides is 3. The molecular formula is C15H16F3N5O. The quantitative estimate of drug-likeness (QED) is 0.930. The van der Waals surface area contributed by atoms with Crippen LogP contribution in [0.2, 0.25) is 0 Å². The predicted molar refractivity (Wildman–Crippen MR) is 80.5 cm³/mol. The largest absolute Gasteiger partial charge is 0.435 e. The third-order valence-corrected chi connectivity index (χ3v) is 4.07. The number of halogens is 3. The molecule has 2 N–H and O–H groups in total. The zero-order valence-corrected chi connectivity index (χ0v) is 12.7. The van der Waals surface area contributed by atoms with Gasteiger partial charge in [0, 0.05) is 31.7 Å². The van der Waals surface area contributed by atoms with Crippen molar-refractivity contribution in [2.45, 2.75) is 25.1 Å². The van der Waals surface area contributed by atoms with Crippen LogP contribution in [0.5, 0.6) is 0 Å². The lowest BCUT2D eigenvalue weighted by Gasteiger charge is -2.35. The number of pyridine rings is 1. The molecule has 1 saturated heterocycles. The smallest absolute Gasteiger partial charge is 0.369 e. The lowest BCUT2D eigenvalue weighted by Crippen LogP contribution is -2.38. The van der Waals surface area contributed by atoms with Gasteiger partial charge in [0.05, 0.1) is 17.3 Å². The number of amides is 1. The molecule has 128 valence electrons. The van der Waals surface area contributed by atoms with E-state index in [9.17, 15) is 18.0 Å². The number of hydrogen-bond acceptors (Lipinski definition) is 4. The number of carbonyl (C=O) groups is 1. The topological polar surface area (TPSA) is 77.0 Å². The highest BCUT2D eigenvalue weighted by Gasteiger charge is 2.34. The molecule has 3 heterocycles. The first kappa shape index (κ1) is 16.3. The zero-order chi connectivity index (χ0) is 17.3. The molecule has 0 radical (unpaired) electrons. The van der Waals surface area contributed by atoms with E-state index in [-0.39, 0.29) is 6.04 Å². The number of rotatable bonds is 3. The van der Waals surface area contributed by atoms with E-state index in [2.05, 4.69) is 10.1 Å². The Balaban J connectivity index is 1.83. The number of nitrogens with zero attached hydrogens (tertiary/aromatic N) is 4. The SMILES string of the molecule is NC(=O)c1cnccc1N1CCCC(n2ccc(C(F)(F)F)n2)C1. The van der Waals surface area contributed by atoms with E-state index in [1.165, 1.54) is 17.1 Å². The van der Waals surface area contributed by atoms with Crippen molar-refractivity contribution in [2.75, 3.05) is 18.0 Å². The predicted octanol–water partition coefficient (Wildman–Crippen LogP) is 2.24. The molecule has 1 atom stereocenters. The highest BCUT2D eigenvalue weighted by atomic mass is 19.4. The second-order valence-corrected chi connectivity index (χ2v) is 5.68. The van der Waals surface area contributed by atoms with Gasteiger partial charge in [-0.2, -0.15) is 18.3 Å². The van der Waals surface area contributed by atoms with Crippen LogP contribution in [-0.4, -0.2) is 33.8 Å². The Hall–Kier alpha value is -2.58. The summed E-state index contributed by atoms with van der Waals surface area (Å²) in [5.41, 5.74) is 5.41. The van der Waals surface area contributed by atoms with Gasteiger partial charge in [0.15, 0.2) is 5.69 Å². The van der Waals surface area contributed by atoms with E-state index >= 15 is 0 Å². The van der Waals surface area contributed by atoms with Crippen LogP contribution in [0.1, 0.15) is 34.9 Å². The van der Waals surface area contributed by atoms with Crippen LogP contribution in [0.3, 0.4) is 0 Å². The van der Waals surface area contributed by atoms with E-state index in [4.69, 9.17) is 5.73 Å². The van der Waals surface area contributed by atoms with E-state index in [1.807, 2.05) is 4.90 Å². The number of hydrogen-bond donors (Lipinski definition) is 1. The van der Waals surface area contributed by atoms with Gasteiger partial charge in [0.1, 0.15) is 0 Å². The molecule has 0 bridgehead atoms.